The second-order valence-electron chi connectivity index (χ2n) is 7.44. The van der Waals surface area contributed by atoms with Gasteiger partial charge in [-0.05, 0) is 54.8 Å². The third kappa shape index (κ3) is 3.64. The molecule has 30 heavy (non-hydrogen) atoms. The highest BCUT2D eigenvalue weighted by Gasteiger charge is 2.39. The van der Waals surface area contributed by atoms with Crippen LogP contribution in [0, 0.1) is 0 Å². The molecule has 0 saturated carbocycles. The molecule has 1 amide bonds. The maximum absolute atomic E-state index is 13.2. The summed E-state index contributed by atoms with van der Waals surface area (Å²) in [6.45, 7) is 0. The average Bonchev–Trinajstić information content (AvgIpc) is 2.73. The van der Waals surface area contributed by atoms with Crippen molar-refractivity contribution in [1.82, 2.24) is 0 Å². The van der Waals surface area contributed by atoms with Crippen molar-refractivity contribution in [2.45, 2.75) is 36.5 Å². The van der Waals surface area contributed by atoms with Gasteiger partial charge in [0.25, 0.3) is 0 Å². The molecule has 0 radical (unpaired) electrons. The second-order valence-corrected chi connectivity index (χ2v) is 9.00. The first-order chi connectivity index (χ1) is 14.3. The Hall–Kier alpha value is -2.97. The molecule has 2 aliphatic rings. The normalized spacial score (nSPS) is 19.7. The van der Waals surface area contributed by atoms with Gasteiger partial charge in [0.05, 0.1) is 12.0 Å². The first-order valence-corrected chi connectivity index (χ1v) is 11.2. The van der Waals surface area contributed by atoms with Crippen molar-refractivity contribution < 1.29 is 22.7 Å². The predicted octanol–water partition coefficient (Wildman–Crippen LogP) is 2.87. The molecule has 156 valence electrons. The van der Waals surface area contributed by atoms with Crippen molar-refractivity contribution >= 4 is 27.4 Å². The highest BCUT2D eigenvalue weighted by Crippen LogP contribution is 2.43. The molecule has 2 aromatic carbocycles. The van der Waals surface area contributed by atoms with E-state index in [1.54, 1.807) is 24.1 Å². The van der Waals surface area contributed by atoms with Gasteiger partial charge in [0.15, 0.2) is 5.78 Å². The van der Waals surface area contributed by atoms with E-state index in [1.807, 2.05) is 24.3 Å². The minimum absolute atomic E-state index is 0.0288. The van der Waals surface area contributed by atoms with E-state index in [9.17, 15) is 18.0 Å². The van der Waals surface area contributed by atoms with Gasteiger partial charge in [-0.15, -0.1) is 0 Å². The molecular formula is C22H22N2O5S. The number of primary sulfonamides is 1. The molecule has 4 rings (SSSR count). The SMILES string of the molecule is COc1cccc(C2CC(=O)N(c3ccc(S(N)(=O)=O)cc3)C3=C2C(=O)CCC3)c1. The van der Waals surface area contributed by atoms with Gasteiger partial charge in [0, 0.05) is 35.7 Å². The van der Waals surface area contributed by atoms with Crippen LogP contribution in [0.25, 0.3) is 0 Å². The topological polar surface area (TPSA) is 107 Å². The van der Waals surface area contributed by atoms with Crippen LogP contribution in [0.2, 0.25) is 0 Å². The first kappa shape index (κ1) is 20.3. The van der Waals surface area contributed by atoms with Crippen LogP contribution in [0.15, 0.2) is 64.7 Å². The molecule has 1 atom stereocenters. The lowest BCUT2D eigenvalue weighted by Gasteiger charge is -2.38. The lowest BCUT2D eigenvalue weighted by Crippen LogP contribution is -2.40. The number of hydrogen-bond acceptors (Lipinski definition) is 5. The lowest BCUT2D eigenvalue weighted by molar-refractivity contribution is -0.119. The third-order valence-electron chi connectivity index (χ3n) is 5.59. The summed E-state index contributed by atoms with van der Waals surface area (Å²) >= 11 is 0. The fraction of sp³-hybridized carbons (Fsp3) is 0.273. The highest BCUT2D eigenvalue weighted by atomic mass is 32.2. The van der Waals surface area contributed by atoms with Crippen LogP contribution in [0.4, 0.5) is 5.69 Å². The summed E-state index contributed by atoms with van der Waals surface area (Å²) in [4.78, 5) is 27.6. The predicted molar refractivity (Wildman–Crippen MR) is 112 cm³/mol. The minimum atomic E-state index is -3.83. The standard InChI is InChI=1S/C22H22N2O5S/c1-29-16-5-2-4-14(12-16)18-13-21(26)24(19-6-3-7-20(25)22(18)19)15-8-10-17(11-9-15)30(23,27)28/h2,4-5,8-12,18H,3,6-7,13H2,1H3,(H2,23,27,28). The van der Waals surface area contributed by atoms with Crippen LogP contribution in [0.5, 0.6) is 5.75 Å². The second kappa shape index (κ2) is 7.70. The number of allylic oxidation sites excluding steroid dienone is 2. The van der Waals surface area contributed by atoms with Crippen LogP contribution in [0.3, 0.4) is 0 Å². The van der Waals surface area contributed by atoms with E-state index in [-0.39, 0.29) is 28.9 Å². The number of nitrogens with zero attached hydrogens (tertiary/aromatic N) is 1. The molecule has 0 saturated heterocycles. The zero-order valence-corrected chi connectivity index (χ0v) is 17.3. The summed E-state index contributed by atoms with van der Waals surface area (Å²) in [6, 6.07) is 13.3. The zero-order chi connectivity index (χ0) is 21.5. The number of sulfonamides is 1. The maximum atomic E-state index is 13.2. The largest absolute Gasteiger partial charge is 0.497 e. The molecule has 8 heteroatoms. The number of amides is 1. The lowest BCUT2D eigenvalue weighted by atomic mass is 9.77. The van der Waals surface area contributed by atoms with E-state index in [4.69, 9.17) is 9.88 Å². The molecule has 7 nitrogen and oxygen atoms in total. The van der Waals surface area contributed by atoms with Gasteiger partial charge in [-0.3, -0.25) is 14.5 Å². The molecule has 1 unspecified atom stereocenters. The smallest absolute Gasteiger partial charge is 0.238 e. The fourth-order valence-corrected chi connectivity index (χ4v) is 4.74. The van der Waals surface area contributed by atoms with Crippen molar-refractivity contribution in [2.24, 2.45) is 5.14 Å². The Morgan fingerprint density at radius 3 is 2.47 bits per heavy atom. The first-order valence-electron chi connectivity index (χ1n) is 9.65. The number of hydrogen-bond donors (Lipinski definition) is 1. The maximum Gasteiger partial charge on any atom is 0.238 e. The molecule has 2 N–H and O–H groups in total. The van der Waals surface area contributed by atoms with Gasteiger partial charge in [-0.25, -0.2) is 13.6 Å². The Kier molecular flexibility index (Phi) is 5.21. The zero-order valence-electron chi connectivity index (χ0n) is 16.5. The van der Waals surface area contributed by atoms with Crippen LogP contribution in [-0.4, -0.2) is 27.2 Å². The number of ketones is 1. The van der Waals surface area contributed by atoms with Crippen molar-refractivity contribution in [3.05, 3.63) is 65.4 Å². The van der Waals surface area contributed by atoms with E-state index < -0.39 is 10.0 Å². The number of benzene rings is 2. The number of nitrogens with two attached hydrogens (primary N) is 1. The van der Waals surface area contributed by atoms with Crippen molar-refractivity contribution in [2.75, 3.05) is 12.0 Å². The molecule has 1 aliphatic carbocycles. The number of carbonyl (C=O) groups excluding carboxylic acids is 2. The number of methoxy groups -OCH3 is 1. The van der Waals surface area contributed by atoms with Gasteiger partial charge < -0.3 is 4.74 Å². The van der Waals surface area contributed by atoms with E-state index in [0.717, 1.165) is 5.56 Å². The van der Waals surface area contributed by atoms with Gasteiger partial charge >= 0.3 is 0 Å². The average molecular weight is 426 g/mol. The number of rotatable bonds is 4. The van der Waals surface area contributed by atoms with Crippen molar-refractivity contribution in [3.8, 4) is 5.75 Å². The molecule has 1 aliphatic heterocycles. The fourth-order valence-electron chi connectivity index (χ4n) is 4.22. The minimum Gasteiger partial charge on any atom is -0.497 e. The Labute approximate surface area is 175 Å². The van der Waals surface area contributed by atoms with Crippen LogP contribution < -0.4 is 14.8 Å². The van der Waals surface area contributed by atoms with Crippen LogP contribution >= 0.6 is 0 Å². The van der Waals surface area contributed by atoms with E-state index >= 15 is 0 Å². The van der Waals surface area contributed by atoms with E-state index in [1.165, 1.54) is 12.1 Å². The summed E-state index contributed by atoms with van der Waals surface area (Å²) in [5, 5.41) is 5.17. The van der Waals surface area contributed by atoms with Crippen LogP contribution in [0.1, 0.15) is 37.2 Å². The molecule has 0 aromatic heterocycles. The summed E-state index contributed by atoms with van der Waals surface area (Å²) in [6.07, 6.45) is 1.87. The Bertz CT molecular complexity index is 1150. The third-order valence-corrected chi connectivity index (χ3v) is 6.52. The monoisotopic (exact) mass is 426 g/mol. The van der Waals surface area contributed by atoms with Crippen LogP contribution in [-0.2, 0) is 19.6 Å². The molecule has 1 heterocycles. The molecule has 0 fully saturated rings. The van der Waals surface area contributed by atoms with Crippen molar-refractivity contribution in [1.29, 1.82) is 0 Å². The number of carbonyl (C=O) groups is 2. The number of Topliss-reactive ketones (excluding diaryl/α,β-unsaturated/α-hetero) is 1. The summed E-state index contributed by atoms with van der Waals surface area (Å²) < 4.78 is 28.4. The summed E-state index contributed by atoms with van der Waals surface area (Å²) in [5.74, 6) is 0.254. The van der Waals surface area contributed by atoms with Gasteiger partial charge in [-0.1, -0.05) is 12.1 Å². The summed E-state index contributed by atoms with van der Waals surface area (Å²) in [5.41, 5.74) is 2.75. The Balaban J connectivity index is 1.81. The van der Waals surface area contributed by atoms with Crippen molar-refractivity contribution in [3.63, 3.8) is 0 Å². The van der Waals surface area contributed by atoms with Gasteiger partial charge in [0.2, 0.25) is 15.9 Å². The highest BCUT2D eigenvalue weighted by molar-refractivity contribution is 7.89. The van der Waals surface area contributed by atoms with E-state index in [0.29, 0.717) is 42.0 Å². The molecule has 2 aromatic rings. The quantitative estimate of drug-likeness (QED) is 0.809. The Morgan fingerprint density at radius 2 is 1.80 bits per heavy atom. The summed E-state index contributed by atoms with van der Waals surface area (Å²) in [7, 11) is -2.25. The molecular weight excluding hydrogens is 404 g/mol. The van der Waals surface area contributed by atoms with E-state index in [2.05, 4.69) is 0 Å². The molecule has 0 bridgehead atoms. The number of anilines is 1. The number of ether oxygens (including phenoxy) is 1. The van der Waals surface area contributed by atoms with Gasteiger partial charge in [-0.2, -0.15) is 0 Å². The van der Waals surface area contributed by atoms with Gasteiger partial charge in [0.1, 0.15) is 5.75 Å². The molecule has 0 spiro atoms. The Morgan fingerprint density at radius 1 is 1.07 bits per heavy atom.